The number of hydrogen-bond acceptors (Lipinski definition) is 4. The van der Waals surface area contributed by atoms with Crippen molar-refractivity contribution in [1.29, 1.82) is 0 Å². The maximum Gasteiger partial charge on any atom is 0.140 e. The lowest BCUT2D eigenvalue weighted by atomic mass is 9.96. The summed E-state index contributed by atoms with van der Waals surface area (Å²) in [5.74, 6) is 0.674. The van der Waals surface area contributed by atoms with Gasteiger partial charge in [-0.05, 0) is 31.7 Å². The van der Waals surface area contributed by atoms with E-state index in [1.807, 2.05) is 0 Å². The summed E-state index contributed by atoms with van der Waals surface area (Å²) in [5, 5.41) is 20.8. The summed E-state index contributed by atoms with van der Waals surface area (Å²) >= 11 is 0. The minimum atomic E-state index is 0.260. The molecule has 0 spiro atoms. The molecule has 1 saturated heterocycles. The van der Waals surface area contributed by atoms with Crippen LogP contribution in [0.4, 0.5) is 0 Å². The first-order chi connectivity index (χ1) is 7.71. The average molecular weight is 229 g/mol. The average Bonchev–Trinajstić information content (AvgIpc) is 2.35. The zero-order chi connectivity index (χ0) is 12.0. The predicted octanol–water partition coefficient (Wildman–Crippen LogP) is 0.606. The first-order valence-electron chi connectivity index (χ1n) is 6.02. The molecule has 0 aliphatic carbocycles. The van der Waals surface area contributed by atoms with Gasteiger partial charge in [-0.25, -0.2) is 0 Å². The van der Waals surface area contributed by atoms with Gasteiger partial charge in [0.25, 0.3) is 0 Å². The fraction of sp³-hybridized carbons (Fsp3) is 0.909. The molecule has 0 saturated carbocycles. The molecule has 2 atom stereocenters. The number of aliphatic hydroxyl groups is 1. The number of hydrogen-bond donors (Lipinski definition) is 3. The van der Waals surface area contributed by atoms with E-state index in [-0.39, 0.29) is 12.4 Å². The fourth-order valence-corrected chi connectivity index (χ4v) is 2.39. The van der Waals surface area contributed by atoms with Gasteiger partial charge in [0.05, 0.1) is 0 Å². The van der Waals surface area contributed by atoms with E-state index in [1.54, 1.807) is 0 Å². The van der Waals surface area contributed by atoms with E-state index in [2.05, 4.69) is 17.0 Å². The standard InChI is InChI=1S/C11H23N3O2/c1-2-10(6-11(12)13-16)14-5-3-4-9(7-14)8-15/h9-10,15-16H,2-8H2,1H3,(H2,12,13). The number of amidine groups is 1. The topological polar surface area (TPSA) is 82.1 Å². The summed E-state index contributed by atoms with van der Waals surface area (Å²) in [7, 11) is 0. The largest absolute Gasteiger partial charge is 0.409 e. The summed E-state index contributed by atoms with van der Waals surface area (Å²) in [6.45, 7) is 4.34. The monoisotopic (exact) mass is 229 g/mol. The predicted molar refractivity (Wildman–Crippen MR) is 63.5 cm³/mol. The van der Waals surface area contributed by atoms with Gasteiger partial charge in [-0.3, -0.25) is 4.90 Å². The summed E-state index contributed by atoms with van der Waals surface area (Å²) in [6.07, 6.45) is 3.81. The molecule has 4 N–H and O–H groups in total. The van der Waals surface area contributed by atoms with Gasteiger partial charge >= 0.3 is 0 Å². The van der Waals surface area contributed by atoms with E-state index >= 15 is 0 Å². The Morgan fingerprint density at radius 2 is 2.38 bits per heavy atom. The van der Waals surface area contributed by atoms with Crippen LogP contribution in [0.2, 0.25) is 0 Å². The fourth-order valence-electron chi connectivity index (χ4n) is 2.39. The molecule has 0 aromatic carbocycles. The highest BCUT2D eigenvalue weighted by atomic mass is 16.4. The molecular formula is C11H23N3O2. The maximum atomic E-state index is 9.18. The minimum absolute atomic E-state index is 0.260. The molecule has 5 nitrogen and oxygen atoms in total. The van der Waals surface area contributed by atoms with Gasteiger partial charge in [0.1, 0.15) is 5.84 Å². The SMILES string of the molecule is CCC(C/C(N)=N/O)N1CCCC(CO)C1. The van der Waals surface area contributed by atoms with Gasteiger partial charge in [-0.1, -0.05) is 12.1 Å². The third-order valence-electron chi connectivity index (χ3n) is 3.37. The normalized spacial score (nSPS) is 25.6. The van der Waals surface area contributed by atoms with E-state index in [0.29, 0.717) is 18.4 Å². The Kier molecular flexibility index (Phi) is 5.55. The minimum Gasteiger partial charge on any atom is -0.409 e. The molecule has 0 bridgehead atoms. The van der Waals surface area contributed by atoms with Crippen LogP contribution in [0.15, 0.2) is 5.16 Å². The van der Waals surface area contributed by atoms with Gasteiger partial charge in [0.15, 0.2) is 0 Å². The van der Waals surface area contributed by atoms with E-state index < -0.39 is 0 Å². The molecule has 2 unspecified atom stereocenters. The van der Waals surface area contributed by atoms with Crippen molar-refractivity contribution in [3.63, 3.8) is 0 Å². The highest BCUT2D eigenvalue weighted by Gasteiger charge is 2.25. The number of nitrogens with two attached hydrogens (primary N) is 1. The smallest absolute Gasteiger partial charge is 0.140 e. The molecule has 0 radical (unpaired) electrons. The number of aliphatic hydroxyl groups excluding tert-OH is 1. The molecule has 1 aliphatic heterocycles. The van der Waals surface area contributed by atoms with E-state index in [1.165, 1.54) is 0 Å². The van der Waals surface area contributed by atoms with Crippen molar-refractivity contribution < 1.29 is 10.3 Å². The van der Waals surface area contributed by atoms with E-state index in [0.717, 1.165) is 32.4 Å². The molecule has 0 aromatic rings. The zero-order valence-corrected chi connectivity index (χ0v) is 9.97. The van der Waals surface area contributed by atoms with Crippen LogP contribution >= 0.6 is 0 Å². The summed E-state index contributed by atoms with van der Waals surface area (Å²) < 4.78 is 0. The van der Waals surface area contributed by atoms with Crippen molar-refractivity contribution >= 4 is 5.84 Å². The Morgan fingerprint density at radius 1 is 1.62 bits per heavy atom. The highest BCUT2D eigenvalue weighted by molar-refractivity contribution is 5.80. The Hall–Kier alpha value is -0.810. The first-order valence-corrected chi connectivity index (χ1v) is 6.02. The quantitative estimate of drug-likeness (QED) is 0.279. The Morgan fingerprint density at radius 3 is 2.94 bits per heavy atom. The molecule has 0 amide bonds. The highest BCUT2D eigenvalue weighted by Crippen LogP contribution is 2.20. The molecule has 1 rings (SSSR count). The van der Waals surface area contributed by atoms with Crippen LogP contribution < -0.4 is 5.73 Å². The van der Waals surface area contributed by atoms with Crippen LogP contribution in [0.5, 0.6) is 0 Å². The summed E-state index contributed by atoms with van der Waals surface area (Å²) in [6, 6.07) is 0.324. The Bertz CT molecular complexity index is 233. The van der Waals surface area contributed by atoms with Gasteiger partial charge in [-0.15, -0.1) is 0 Å². The second kappa shape index (κ2) is 6.70. The van der Waals surface area contributed by atoms with Gasteiger partial charge in [-0.2, -0.15) is 0 Å². The molecule has 5 heteroatoms. The van der Waals surface area contributed by atoms with Crippen molar-refractivity contribution in [3.8, 4) is 0 Å². The van der Waals surface area contributed by atoms with Crippen LogP contribution in [-0.4, -0.2) is 46.8 Å². The number of oxime groups is 1. The molecule has 0 aromatic heterocycles. The van der Waals surface area contributed by atoms with Crippen molar-refractivity contribution in [2.75, 3.05) is 19.7 Å². The molecule has 94 valence electrons. The van der Waals surface area contributed by atoms with Gasteiger partial charge in [0, 0.05) is 25.6 Å². The van der Waals surface area contributed by atoms with Crippen molar-refractivity contribution in [2.45, 2.75) is 38.6 Å². The van der Waals surface area contributed by atoms with Gasteiger partial charge < -0.3 is 16.0 Å². The van der Waals surface area contributed by atoms with Crippen LogP contribution in [-0.2, 0) is 0 Å². The number of rotatable bonds is 5. The Balaban J connectivity index is 2.51. The summed E-state index contributed by atoms with van der Waals surface area (Å²) in [5.41, 5.74) is 5.55. The number of nitrogens with zero attached hydrogens (tertiary/aromatic N) is 2. The molecular weight excluding hydrogens is 206 g/mol. The molecule has 1 heterocycles. The maximum absolute atomic E-state index is 9.18. The summed E-state index contributed by atoms with van der Waals surface area (Å²) in [4.78, 5) is 2.35. The first kappa shape index (κ1) is 13.3. The van der Waals surface area contributed by atoms with Crippen LogP contribution in [0.25, 0.3) is 0 Å². The van der Waals surface area contributed by atoms with E-state index in [9.17, 15) is 5.11 Å². The zero-order valence-electron chi connectivity index (χ0n) is 9.97. The van der Waals surface area contributed by atoms with Gasteiger partial charge in [0.2, 0.25) is 0 Å². The Labute approximate surface area is 96.9 Å². The van der Waals surface area contributed by atoms with Crippen LogP contribution in [0, 0.1) is 5.92 Å². The van der Waals surface area contributed by atoms with Crippen LogP contribution in [0.3, 0.4) is 0 Å². The second-order valence-corrected chi connectivity index (χ2v) is 4.54. The molecule has 16 heavy (non-hydrogen) atoms. The molecule has 1 aliphatic rings. The molecule has 1 fully saturated rings. The third kappa shape index (κ3) is 3.64. The van der Waals surface area contributed by atoms with E-state index in [4.69, 9.17) is 10.9 Å². The second-order valence-electron chi connectivity index (χ2n) is 4.54. The van der Waals surface area contributed by atoms with Crippen LogP contribution in [0.1, 0.15) is 32.6 Å². The lowest BCUT2D eigenvalue weighted by molar-refractivity contribution is 0.0879. The lowest BCUT2D eigenvalue weighted by Gasteiger charge is -2.37. The number of likely N-dealkylation sites (tertiary alicyclic amines) is 1. The van der Waals surface area contributed by atoms with Crippen molar-refractivity contribution in [3.05, 3.63) is 0 Å². The van der Waals surface area contributed by atoms with Crippen molar-refractivity contribution in [1.82, 2.24) is 4.90 Å². The number of piperidine rings is 1. The third-order valence-corrected chi connectivity index (χ3v) is 3.37. The lowest BCUT2D eigenvalue weighted by Crippen LogP contribution is -2.44. The van der Waals surface area contributed by atoms with Crippen molar-refractivity contribution in [2.24, 2.45) is 16.8 Å².